The van der Waals surface area contributed by atoms with Crippen LogP contribution in [0.2, 0.25) is 0 Å². The number of carbonyl (C=O) groups excluding carboxylic acids is 2. The lowest BCUT2D eigenvalue weighted by molar-refractivity contribution is 0.148. The van der Waals surface area contributed by atoms with E-state index in [9.17, 15) is 9.59 Å². The van der Waals surface area contributed by atoms with E-state index in [1.165, 1.54) is 0 Å². The van der Waals surface area contributed by atoms with Gasteiger partial charge in [-0.3, -0.25) is 0 Å². The molecule has 3 N–H and O–H groups in total. The van der Waals surface area contributed by atoms with E-state index in [2.05, 4.69) is 36.8 Å². The van der Waals surface area contributed by atoms with Crippen LogP contribution in [-0.2, 0) is 4.74 Å². The van der Waals surface area contributed by atoms with Crippen molar-refractivity contribution in [3.05, 3.63) is 28.7 Å². The van der Waals surface area contributed by atoms with Gasteiger partial charge in [0, 0.05) is 10.2 Å². The molecular weight excluding hydrogens is 290 g/mol. The van der Waals surface area contributed by atoms with Gasteiger partial charge in [-0.25, -0.2) is 20.4 Å². The van der Waals surface area contributed by atoms with E-state index < -0.39 is 12.1 Å². The highest BCUT2D eigenvalue weighted by Gasteiger charge is 2.04. The lowest BCUT2D eigenvalue weighted by Crippen LogP contribution is -2.44. The van der Waals surface area contributed by atoms with Crippen LogP contribution in [0.15, 0.2) is 28.7 Å². The third-order valence-corrected chi connectivity index (χ3v) is 2.18. The molecule has 0 aliphatic rings. The molecule has 0 bridgehead atoms. The van der Waals surface area contributed by atoms with E-state index in [0.29, 0.717) is 5.69 Å². The van der Waals surface area contributed by atoms with Crippen molar-refractivity contribution in [3.8, 4) is 0 Å². The monoisotopic (exact) mass is 301 g/mol. The molecule has 0 aromatic heterocycles. The van der Waals surface area contributed by atoms with Crippen molar-refractivity contribution in [3.63, 3.8) is 0 Å². The van der Waals surface area contributed by atoms with Gasteiger partial charge in [-0.15, -0.1) is 0 Å². The molecule has 0 aliphatic carbocycles. The number of hydrogen-bond donors (Lipinski definition) is 3. The predicted octanol–water partition coefficient (Wildman–Crippen LogP) is 2.23. The largest absolute Gasteiger partial charge is 0.449 e. The van der Waals surface area contributed by atoms with Crippen molar-refractivity contribution < 1.29 is 14.3 Å². The number of ether oxygens (including phenoxy) is 1. The number of rotatable bonds is 2. The maximum Gasteiger partial charge on any atom is 0.426 e. The lowest BCUT2D eigenvalue weighted by atomic mass is 10.3. The summed E-state index contributed by atoms with van der Waals surface area (Å²) in [6.07, 6.45) is -0.710. The number of benzene rings is 1. The van der Waals surface area contributed by atoms with Gasteiger partial charge in [-0.1, -0.05) is 15.9 Å². The Kier molecular flexibility index (Phi) is 5.28. The highest BCUT2D eigenvalue weighted by molar-refractivity contribution is 9.10. The third-order valence-electron chi connectivity index (χ3n) is 1.66. The van der Waals surface area contributed by atoms with Crippen LogP contribution in [0.5, 0.6) is 0 Å². The molecule has 0 fully saturated rings. The van der Waals surface area contributed by atoms with Crippen LogP contribution in [-0.4, -0.2) is 18.7 Å². The summed E-state index contributed by atoms with van der Waals surface area (Å²) in [6, 6.07) is 6.45. The number of hydrogen-bond acceptors (Lipinski definition) is 3. The number of halogens is 1. The van der Waals surface area contributed by atoms with Gasteiger partial charge < -0.3 is 10.1 Å². The highest BCUT2D eigenvalue weighted by Crippen LogP contribution is 2.13. The van der Waals surface area contributed by atoms with Crippen molar-refractivity contribution in [1.82, 2.24) is 10.9 Å². The molecule has 0 radical (unpaired) electrons. The molecule has 1 aromatic carbocycles. The van der Waals surface area contributed by atoms with Crippen LogP contribution in [0.1, 0.15) is 6.92 Å². The third kappa shape index (κ3) is 5.21. The van der Waals surface area contributed by atoms with E-state index in [4.69, 9.17) is 0 Å². The summed E-state index contributed by atoms with van der Waals surface area (Å²) in [7, 11) is 0. The summed E-state index contributed by atoms with van der Waals surface area (Å²) in [6.45, 7) is 1.91. The van der Waals surface area contributed by atoms with Gasteiger partial charge >= 0.3 is 12.1 Å². The Balaban J connectivity index is 2.34. The van der Waals surface area contributed by atoms with Crippen LogP contribution in [0.3, 0.4) is 0 Å². The predicted molar refractivity (Wildman–Crippen MR) is 66.5 cm³/mol. The minimum Gasteiger partial charge on any atom is -0.449 e. The molecule has 7 heteroatoms. The molecule has 0 aliphatic heterocycles. The van der Waals surface area contributed by atoms with Crippen LogP contribution < -0.4 is 16.2 Å². The second kappa shape index (κ2) is 6.74. The van der Waals surface area contributed by atoms with Crippen LogP contribution in [0, 0.1) is 0 Å². The first-order valence-corrected chi connectivity index (χ1v) is 5.66. The first-order chi connectivity index (χ1) is 8.11. The quantitative estimate of drug-likeness (QED) is 0.733. The Hall–Kier alpha value is -1.76. The maximum atomic E-state index is 11.3. The van der Waals surface area contributed by atoms with Crippen LogP contribution in [0.25, 0.3) is 0 Å². The van der Waals surface area contributed by atoms with Crippen molar-refractivity contribution in [2.75, 3.05) is 11.9 Å². The van der Waals surface area contributed by atoms with Gasteiger partial charge in [0.05, 0.1) is 6.61 Å². The molecule has 0 spiro atoms. The first kappa shape index (κ1) is 13.3. The number of urea groups is 1. The first-order valence-electron chi connectivity index (χ1n) is 4.87. The van der Waals surface area contributed by atoms with Gasteiger partial charge in [0.15, 0.2) is 0 Å². The molecule has 1 rings (SSSR count). The number of anilines is 1. The van der Waals surface area contributed by atoms with E-state index in [1.807, 2.05) is 0 Å². The van der Waals surface area contributed by atoms with Gasteiger partial charge in [0.25, 0.3) is 0 Å². The second-order valence-corrected chi connectivity index (χ2v) is 3.85. The normalized spacial score (nSPS) is 9.29. The fourth-order valence-electron chi connectivity index (χ4n) is 0.971. The van der Waals surface area contributed by atoms with Crippen molar-refractivity contribution in [2.45, 2.75) is 6.92 Å². The molecule has 0 atom stereocenters. The summed E-state index contributed by atoms with van der Waals surface area (Å²) in [5.41, 5.74) is 4.83. The summed E-state index contributed by atoms with van der Waals surface area (Å²) < 4.78 is 5.47. The van der Waals surface area contributed by atoms with E-state index in [0.717, 1.165) is 4.47 Å². The number of nitrogens with one attached hydrogen (secondary N) is 3. The van der Waals surface area contributed by atoms with Gasteiger partial charge in [-0.2, -0.15) is 0 Å². The highest BCUT2D eigenvalue weighted by atomic mass is 79.9. The fraction of sp³-hybridized carbons (Fsp3) is 0.200. The number of hydrazine groups is 1. The molecule has 1 aromatic rings. The molecule has 6 nitrogen and oxygen atoms in total. The Morgan fingerprint density at radius 2 is 1.88 bits per heavy atom. The topological polar surface area (TPSA) is 79.5 Å². The molecule has 0 unspecified atom stereocenters. The Bertz CT molecular complexity index is 394. The van der Waals surface area contributed by atoms with E-state index in [1.54, 1.807) is 31.2 Å². The number of amides is 3. The second-order valence-electron chi connectivity index (χ2n) is 2.93. The maximum absolute atomic E-state index is 11.3. The Labute approximate surface area is 107 Å². The fourth-order valence-corrected chi connectivity index (χ4v) is 1.23. The van der Waals surface area contributed by atoms with Crippen molar-refractivity contribution >= 4 is 33.7 Å². The summed E-state index contributed by atoms with van der Waals surface area (Å²) in [5.74, 6) is 0. The molecule has 17 heavy (non-hydrogen) atoms. The minimum atomic E-state index is -0.710. The zero-order valence-electron chi connectivity index (χ0n) is 9.12. The van der Waals surface area contributed by atoms with Gasteiger partial charge in [-0.05, 0) is 31.2 Å². The molecule has 92 valence electrons. The van der Waals surface area contributed by atoms with Crippen LogP contribution >= 0.6 is 15.9 Å². The SMILES string of the molecule is CCOC(=O)NNC(=O)Nc1ccc(Br)cc1. The number of carbonyl (C=O) groups is 2. The molecule has 3 amide bonds. The van der Waals surface area contributed by atoms with Crippen molar-refractivity contribution in [2.24, 2.45) is 0 Å². The van der Waals surface area contributed by atoms with Crippen LogP contribution in [0.4, 0.5) is 15.3 Å². The molecule has 0 heterocycles. The zero-order valence-corrected chi connectivity index (χ0v) is 10.7. The molecule has 0 saturated heterocycles. The lowest BCUT2D eigenvalue weighted by Gasteiger charge is -2.08. The zero-order chi connectivity index (χ0) is 12.7. The average Bonchev–Trinajstić information content (AvgIpc) is 2.30. The molecular formula is C10H12BrN3O3. The minimum absolute atomic E-state index is 0.238. The van der Waals surface area contributed by atoms with E-state index in [-0.39, 0.29) is 6.61 Å². The Morgan fingerprint density at radius 3 is 2.47 bits per heavy atom. The average molecular weight is 302 g/mol. The smallest absolute Gasteiger partial charge is 0.426 e. The summed E-state index contributed by atoms with van der Waals surface area (Å²) in [4.78, 5) is 22.2. The van der Waals surface area contributed by atoms with Gasteiger partial charge in [0.2, 0.25) is 0 Å². The Morgan fingerprint density at radius 1 is 1.24 bits per heavy atom. The summed E-state index contributed by atoms with van der Waals surface area (Å²) >= 11 is 3.28. The standard InChI is InChI=1S/C10H12BrN3O3/c1-2-17-10(16)14-13-9(15)12-8-5-3-7(11)4-6-8/h3-6H,2H2,1H3,(H,14,16)(H2,12,13,15). The van der Waals surface area contributed by atoms with E-state index >= 15 is 0 Å². The van der Waals surface area contributed by atoms with Crippen molar-refractivity contribution in [1.29, 1.82) is 0 Å². The molecule has 0 saturated carbocycles. The van der Waals surface area contributed by atoms with Gasteiger partial charge in [0.1, 0.15) is 0 Å². The summed E-state index contributed by atoms with van der Waals surface area (Å²) in [5, 5.41) is 2.53.